The van der Waals surface area contributed by atoms with Crippen LogP contribution in [0, 0.1) is 17.2 Å². The van der Waals surface area contributed by atoms with E-state index in [4.69, 9.17) is 16.9 Å². The first-order valence-electron chi connectivity index (χ1n) is 9.29. The lowest BCUT2D eigenvalue weighted by atomic mass is 9.86. The Hall–Kier alpha value is -1.91. The van der Waals surface area contributed by atoms with Crippen molar-refractivity contribution in [3.8, 4) is 6.07 Å². The smallest absolute Gasteiger partial charge is 0.237 e. The third-order valence-electron chi connectivity index (χ3n) is 5.28. The van der Waals surface area contributed by atoms with Crippen molar-refractivity contribution < 1.29 is 4.79 Å². The van der Waals surface area contributed by atoms with Crippen molar-refractivity contribution in [1.29, 1.82) is 5.26 Å². The maximum atomic E-state index is 12.3. The molecule has 0 bridgehead atoms. The number of carbonyl (C=O) groups excluding carboxylic acids is 1. The van der Waals surface area contributed by atoms with E-state index < -0.39 is 0 Å². The number of halogens is 1. The minimum absolute atomic E-state index is 0.0535. The monoisotopic (exact) mass is 376 g/mol. The Balaban J connectivity index is 1.34. The van der Waals surface area contributed by atoms with Gasteiger partial charge in [0.2, 0.25) is 11.9 Å². The summed E-state index contributed by atoms with van der Waals surface area (Å²) in [6.45, 7) is 1.90. The molecule has 1 aromatic rings. The largest absolute Gasteiger partial charge is 0.354 e. The Morgan fingerprint density at radius 2 is 2.00 bits per heavy atom. The van der Waals surface area contributed by atoms with Gasteiger partial charge >= 0.3 is 0 Å². The van der Waals surface area contributed by atoms with Gasteiger partial charge in [-0.1, -0.05) is 11.6 Å². The van der Waals surface area contributed by atoms with Crippen molar-refractivity contribution >= 4 is 23.5 Å². The van der Waals surface area contributed by atoms with E-state index in [1.165, 1.54) is 0 Å². The fourth-order valence-electron chi connectivity index (χ4n) is 3.74. The van der Waals surface area contributed by atoms with Crippen LogP contribution in [0.4, 0.5) is 5.95 Å². The second-order valence-electron chi connectivity index (χ2n) is 7.08. The number of rotatable bonds is 6. The fourth-order valence-corrected chi connectivity index (χ4v) is 3.84. The molecule has 3 rings (SSSR count). The molecule has 1 atom stereocenters. The van der Waals surface area contributed by atoms with Crippen molar-refractivity contribution in [3.63, 3.8) is 0 Å². The molecule has 2 heterocycles. The third kappa shape index (κ3) is 5.05. The van der Waals surface area contributed by atoms with Gasteiger partial charge in [-0.15, -0.1) is 0 Å². The van der Waals surface area contributed by atoms with Gasteiger partial charge in [0.25, 0.3) is 0 Å². The summed E-state index contributed by atoms with van der Waals surface area (Å²) < 4.78 is 0. The number of carbonyl (C=O) groups is 1. The highest BCUT2D eigenvalue weighted by molar-refractivity contribution is 6.30. The molecule has 0 aromatic carbocycles. The Bertz CT molecular complexity index is 638. The van der Waals surface area contributed by atoms with Crippen molar-refractivity contribution in [3.05, 3.63) is 17.4 Å². The van der Waals surface area contributed by atoms with E-state index in [2.05, 4.69) is 26.7 Å². The molecule has 0 spiro atoms. The predicted octanol–water partition coefficient (Wildman–Crippen LogP) is 2.20. The lowest BCUT2D eigenvalue weighted by Crippen LogP contribution is -2.44. The number of amides is 1. The first kappa shape index (κ1) is 18.9. The van der Waals surface area contributed by atoms with Gasteiger partial charge in [-0.2, -0.15) is 5.26 Å². The maximum absolute atomic E-state index is 12.3. The van der Waals surface area contributed by atoms with Gasteiger partial charge in [-0.05, 0) is 44.4 Å². The van der Waals surface area contributed by atoms with Crippen LogP contribution >= 0.6 is 11.6 Å². The quantitative estimate of drug-likeness (QED) is 0.790. The first-order chi connectivity index (χ1) is 12.7. The van der Waals surface area contributed by atoms with E-state index in [9.17, 15) is 4.79 Å². The van der Waals surface area contributed by atoms with E-state index in [1.807, 2.05) is 0 Å². The van der Waals surface area contributed by atoms with Crippen LogP contribution < -0.4 is 10.6 Å². The molecule has 7 nitrogen and oxygen atoms in total. The van der Waals surface area contributed by atoms with Crippen LogP contribution in [0.5, 0.6) is 0 Å². The van der Waals surface area contributed by atoms with Gasteiger partial charge in [-0.3, -0.25) is 4.79 Å². The van der Waals surface area contributed by atoms with Crippen molar-refractivity contribution in [2.24, 2.45) is 5.92 Å². The summed E-state index contributed by atoms with van der Waals surface area (Å²) in [5.41, 5.74) is 0. The number of nitrogens with zero attached hydrogens (tertiary/aromatic N) is 4. The summed E-state index contributed by atoms with van der Waals surface area (Å²) in [5.74, 6) is 1.25. The van der Waals surface area contributed by atoms with Crippen molar-refractivity contribution in [1.82, 2.24) is 20.2 Å². The Morgan fingerprint density at radius 3 is 2.69 bits per heavy atom. The molecular weight excluding hydrogens is 352 g/mol. The molecule has 1 aliphatic carbocycles. The lowest BCUT2D eigenvalue weighted by Gasteiger charge is -2.30. The van der Waals surface area contributed by atoms with Crippen LogP contribution in [0.3, 0.4) is 0 Å². The first-order valence-corrected chi connectivity index (χ1v) is 9.67. The van der Waals surface area contributed by atoms with Gasteiger partial charge in [-0.25, -0.2) is 9.97 Å². The highest BCUT2D eigenvalue weighted by atomic mass is 35.5. The SMILES string of the molecule is N#C[C@@H]1CCCN1C(=O)CN[C@H]1CC[C@H](CNc2ncc(Cl)cn2)CC1. The molecule has 2 fully saturated rings. The molecule has 2 aliphatic rings. The number of anilines is 1. The van der Waals surface area contributed by atoms with Crippen LogP contribution in [0.2, 0.25) is 5.02 Å². The molecule has 0 radical (unpaired) electrons. The van der Waals surface area contributed by atoms with E-state index in [1.54, 1.807) is 17.3 Å². The van der Waals surface area contributed by atoms with E-state index >= 15 is 0 Å². The predicted molar refractivity (Wildman–Crippen MR) is 99.6 cm³/mol. The Kier molecular flexibility index (Phi) is 6.64. The maximum Gasteiger partial charge on any atom is 0.237 e. The summed E-state index contributed by atoms with van der Waals surface area (Å²) in [7, 11) is 0. The molecule has 1 aromatic heterocycles. The number of nitrogens with one attached hydrogen (secondary N) is 2. The van der Waals surface area contributed by atoms with Crippen molar-refractivity contribution in [2.45, 2.75) is 50.6 Å². The van der Waals surface area contributed by atoms with Crippen LogP contribution in [0.15, 0.2) is 12.4 Å². The van der Waals surface area contributed by atoms with Crippen LogP contribution in [-0.2, 0) is 4.79 Å². The summed E-state index contributed by atoms with van der Waals surface area (Å²) in [4.78, 5) is 22.3. The summed E-state index contributed by atoms with van der Waals surface area (Å²) >= 11 is 5.78. The van der Waals surface area contributed by atoms with E-state index in [0.717, 1.165) is 45.1 Å². The number of likely N-dealkylation sites (tertiary alicyclic amines) is 1. The average Bonchev–Trinajstić information content (AvgIpc) is 3.15. The van der Waals surface area contributed by atoms with E-state index in [-0.39, 0.29) is 11.9 Å². The number of aromatic nitrogens is 2. The minimum Gasteiger partial charge on any atom is -0.354 e. The second-order valence-corrected chi connectivity index (χ2v) is 7.52. The zero-order chi connectivity index (χ0) is 18.4. The Morgan fingerprint density at radius 1 is 1.27 bits per heavy atom. The van der Waals surface area contributed by atoms with Gasteiger partial charge in [0.05, 0.1) is 30.0 Å². The lowest BCUT2D eigenvalue weighted by molar-refractivity contribution is -0.130. The van der Waals surface area contributed by atoms with Gasteiger partial charge in [0.15, 0.2) is 0 Å². The highest BCUT2D eigenvalue weighted by Gasteiger charge is 2.29. The molecule has 2 N–H and O–H groups in total. The summed E-state index contributed by atoms with van der Waals surface area (Å²) in [6.07, 6.45) is 9.24. The van der Waals surface area contributed by atoms with Gasteiger partial charge in [0, 0.05) is 19.1 Å². The molecule has 1 aliphatic heterocycles. The third-order valence-corrected chi connectivity index (χ3v) is 5.48. The molecule has 1 saturated heterocycles. The summed E-state index contributed by atoms with van der Waals surface area (Å²) in [6, 6.07) is 2.37. The standard InChI is InChI=1S/C18H25ClN6O/c19-14-10-23-18(24-11-14)22-9-13-3-5-15(6-4-13)21-12-17(26)25-7-1-2-16(25)8-20/h10-11,13,15-16,21H,1-7,9,12H2,(H,22,23,24)/t13-,15-,16-/m0/s1. The molecule has 8 heteroatoms. The number of hydrogen-bond donors (Lipinski definition) is 2. The fraction of sp³-hybridized carbons (Fsp3) is 0.667. The van der Waals surface area contributed by atoms with Crippen LogP contribution in [0.25, 0.3) is 0 Å². The zero-order valence-electron chi connectivity index (χ0n) is 14.8. The molecular formula is C18H25ClN6O. The molecule has 1 saturated carbocycles. The minimum atomic E-state index is -0.235. The van der Waals surface area contributed by atoms with Gasteiger partial charge in [0.1, 0.15) is 6.04 Å². The van der Waals surface area contributed by atoms with Crippen LogP contribution in [-0.4, -0.2) is 52.5 Å². The molecule has 26 heavy (non-hydrogen) atoms. The average molecular weight is 377 g/mol. The molecule has 1 amide bonds. The highest BCUT2D eigenvalue weighted by Crippen LogP contribution is 2.24. The second kappa shape index (κ2) is 9.15. The summed E-state index contributed by atoms with van der Waals surface area (Å²) in [5, 5.41) is 16.3. The van der Waals surface area contributed by atoms with Gasteiger partial charge < -0.3 is 15.5 Å². The van der Waals surface area contributed by atoms with Crippen molar-refractivity contribution in [2.75, 3.05) is 25.0 Å². The van der Waals surface area contributed by atoms with Crippen LogP contribution in [0.1, 0.15) is 38.5 Å². The van der Waals surface area contributed by atoms with E-state index in [0.29, 0.717) is 36.0 Å². The topological polar surface area (TPSA) is 93.9 Å². The zero-order valence-corrected chi connectivity index (χ0v) is 15.6. The molecule has 0 unspecified atom stereocenters. The Labute approximate surface area is 159 Å². The molecule has 140 valence electrons. The number of hydrogen-bond acceptors (Lipinski definition) is 6. The normalized spacial score (nSPS) is 25.7. The number of nitriles is 1.